The lowest BCUT2D eigenvalue weighted by Crippen LogP contribution is -2.56. The van der Waals surface area contributed by atoms with Crippen LogP contribution in [0.1, 0.15) is 22.6 Å². The topological polar surface area (TPSA) is 32.3 Å². The van der Waals surface area contributed by atoms with Crippen LogP contribution in [0.15, 0.2) is 30.6 Å². The van der Waals surface area contributed by atoms with E-state index in [1.165, 1.54) is 9.75 Å². The van der Waals surface area contributed by atoms with E-state index in [0.29, 0.717) is 38.5 Å². The summed E-state index contributed by atoms with van der Waals surface area (Å²) in [5.41, 5.74) is -1.00. The van der Waals surface area contributed by atoms with Gasteiger partial charge in [0.2, 0.25) is 5.95 Å². The van der Waals surface area contributed by atoms with Gasteiger partial charge in [0.15, 0.2) is 0 Å². The maximum absolute atomic E-state index is 14.9. The number of nitrogens with zero attached hydrogens (tertiary/aromatic N) is 4. The van der Waals surface area contributed by atoms with E-state index < -0.39 is 11.3 Å². The third-order valence-corrected chi connectivity index (χ3v) is 6.39. The molecule has 4 rings (SSSR count). The molecule has 7 heteroatoms. The van der Waals surface area contributed by atoms with Crippen molar-refractivity contribution in [3.8, 4) is 0 Å². The highest BCUT2D eigenvalue weighted by Crippen LogP contribution is 2.50. The number of hydrogen-bond donors (Lipinski definition) is 0. The summed E-state index contributed by atoms with van der Waals surface area (Å²) >= 11 is 1.75. The van der Waals surface area contributed by atoms with Gasteiger partial charge in [-0.2, -0.15) is 0 Å². The molecule has 4 heterocycles. The molecule has 0 saturated carbocycles. The minimum atomic E-state index is -2.64. The van der Waals surface area contributed by atoms with Gasteiger partial charge in [0.1, 0.15) is 0 Å². The van der Waals surface area contributed by atoms with Crippen molar-refractivity contribution in [1.29, 1.82) is 0 Å². The highest BCUT2D eigenvalue weighted by Gasteiger charge is 2.59. The van der Waals surface area contributed by atoms with Crippen LogP contribution in [-0.2, 0) is 6.54 Å². The third-order valence-electron chi connectivity index (χ3n) is 5.41. The number of hydrogen-bond acceptors (Lipinski definition) is 5. The van der Waals surface area contributed by atoms with Crippen molar-refractivity contribution in [3.05, 3.63) is 40.3 Å². The fourth-order valence-corrected chi connectivity index (χ4v) is 4.97. The first-order chi connectivity index (χ1) is 12.0. The van der Waals surface area contributed by atoms with Crippen LogP contribution < -0.4 is 4.90 Å². The second-order valence-electron chi connectivity index (χ2n) is 7.18. The lowest BCUT2D eigenvalue weighted by atomic mass is 9.75. The van der Waals surface area contributed by atoms with Crippen LogP contribution in [0.3, 0.4) is 0 Å². The molecule has 2 aliphatic rings. The van der Waals surface area contributed by atoms with Crippen molar-refractivity contribution in [1.82, 2.24) is 14.9 Å². The minimum absolute atomic E-state index is 0.0686. The van der Waals surface area contributed by atoms with Crippen LogP contribution in [-0.4, -0.2) is 47.0 Å². The molecule has 0 bridgehead atoms. The fraction of sp³-hybridized carbons (Fsp3) is 0.556. The van der Waals surface area contributed by atoms with Gasteiger partial charge in [0, 0.05) is 61.3 Å². The van der Waals surface area contributed by atoms with E-state index in [1.54, 1.807) is 29.8 Å². The molecule has 0 unspecified atom stereocenters. The molecule has 2 fully saturated rings. The Balaban J connectivity index is 1.52. The predicted molar refractivity (Wildman–Crippen MR) is 95.2 cm³/mol. The first-order valence-corrected chi connectivity index (χ1v) is 9.47. The Bertz CT molecular complexity index is 736. The summed E-state index contributed by atoms with van der Waals surface area (Å²) in [5.74, 6) is -2.08. The Kier molecular flexibility index (Phi) is 4.24. The quantitative estimate of drug-likeness (QED) is 0.833. The van der Waals surface area contributed by atoms with Crippen molar-refractivity contribution in [3.63, 3.8) is 0 Å². The first kappa shape index (κ1) is 16.8. The van der Waals surface area contributed by atoms with Crippen molar-refractivity contribution in [2.75, 3.05) is 31.1 Å². The predicted octanol–water partition coefficient (Wildman–Crippen LogP) is 3.58. The van der Waals surface area contributed by atoms with Crippen LogP contribution in [0.2, 0.25) is 0 Å². The zero-order chi connectivity index (χ0) is 17.5. The van der Waals surface area contributed by atoms with Gasteiger partial charge in [-0.15, -0.1) is 11.3 Å². The summed E-state index contributed by atoms with van der Waals surface area (Å²) in [6.45, 7) is 4.64. The molecule has 2 aromatic heterocycles. The molecule has 0 aliphatic carbocycles. The van der Waals surface area contributed by atoms with Crippen molar-refractivity contribution in [2.24, 2.45) is 5.41 Å². The Hall–Kier alpha value is -1.60. The Labute approximate surface area is 150 Å². The third kappa shape index (κ3) is 3.15. The first-order valence-electron chi connectivity index (χ1n) is 8.65. The van der Waals surface area contributed by atoms with Gasteiger partial charge in [0.05, 0.1) is 5.41 Å². The zero-order valence-corrected chi connectivity index (χ0v) is 15.1. The Morgan fingerprint density at radius 3 is 2.64 bits per heavy atom. The second-order valence-corrected chi connectivity index (χ2v) is 8.55. The minimum Gasteiger partial charge on any atom is -0.340 e. The average Bonchev–Trinajstić information content (AvgIpc) is 3.20. The number of halogens is 2. The van der Waals surface area contributed by atoms with Gasteiger partial charge >= 0.3 is 0 Å². The molecule has 25 heavy (non-hydrogen) atoms. The van der Waals surface area contributed by atoms with Crippen LogP contribution >= 0.6 is 11.3 Å². The summed E-state index contributed by atoms with van der Waals surface area (Å²) in [4.78, 5) is 15.1. The van der Waals surface area contributed by atoms with E-state index in [0.717, 1.165) is 6.54 Å². The summed E-state index contributed by atoms with van der Waals surface area (Å²) in [6.07, 6.45) is 3.74. The van der Waals surface area contributed by atoms with E-state index in [-0.39, 0.29) is 6.42 Å². The second kappa shape index (κ2) is 6.29. The van der Waals surface area contributed by atoms with E-state index in [4.69, 9.17) is 0 Å². The Morgan fingerprint density at radius 1 is 1.12 bits per heavy atom. The van der Waals surface area contributed by atoms with Crippen molar-refractivity contribution >= 4 is 17.3 Å². The number of thiophene rings is 1. The number of piperidine rings is 1. The standard InChI is InChI=1S/C18H22F2N4S/c1-14-3-4-15(25-14)11-23-9-6-18(19,20)17(12-23)5-10-24(13-17)16-21-7-2-8-22-16/h2-4,7-8H,5-6,9-13H2,1H3/t17-/m1/s1. The molecule has 134 valence electrons. The molecule has 2 saturated heterocycles. The molecule has 2 aromatic rings. The van der Waals surface area contributed by atoms with Gasteiger partial charge in [-0.3, -0.25) is 4.90 Å². The van der Waals surface area contributed by atoms with Crippen LogP contribution in [0.5, 0.6) is 0 Å². The monoisotopic (exact) mass is 364 g/mol. The molecule has 0 N–H and O–H groups in total. The molecule has 0 aromatic carbocycles. The molecule has 1 spiro atoms. The van der Waals surface area contributed by atoms with Crippen LogP contribution in [0, 0.1) is 12.3 Å². The summed E-state index contributed by atoms with van der Waals surface area (Å²) in [5, 5.41) is 0. The highest BCUT2D eigenvalue weighted by molar-refractivity contribution is 7.11. The average molecular weight is 364 g/mol. The van der Waals surface area contributed by atoms with E-state index >= 15 is 0 Å². The molecule has 0 radical (unpaired) electrons. The molecular weight excluding hydrogens is 342 g/mol. The lowest BCUT2D eigenvalue weighted by molar-refractivity contribution is -0.158. The number of aromatic nitrogens is 2. The summed E-state index contributed by atoms with van der Waals surface area (Å²) < 4.78 is 29.8. The van der Waals surface area contributed by atoms with Crippen LogP contribution in [0.25, 0.3) is 0 Å². The van der Waals surface area contributed by atoms with Gasteiger partial charge < -0.3 is 4.90 Å². The Morgan fingerprint density at radius 2 is 1.92 bits per heavy atom. The molecular formula is C18H22F2N4S. The van der Waals surface area contributed by atoms with E-state index in [2.05, 4.69) is 33.9 Å². The summed E-state index contributed by atoms with van der Waals surface area (Å²) in [6, 6.07) is 5.95. The number of rotatable bonds is 3. The van der Waals surface area contributed by atoms with Crippen molar-refractivity contribution < 1.29 is 8.78 Å². The molecule has 2 aliphatic heterocycles. The van der Waals surface area contributed by atoms with Gasteiger partial charge in [0.25, 0.3) is 5.92 Å². The maximum Gasteiger partial charge on any atom is 0.257 e. The molecule has 4 nitrogen and oxygen atoms in total. The SMILES string of the molecule is Cc1ccc(CN2CCC(F)(F)[C@]3(CCN(c4ncccn4)C3)C2)s1. The summed E-state index contributed by atoms with van der Waals surface area (Å²) in [7, 11) is 0. The van der Waals surface area contributed by atoms with E-state index in [1.807, 2.05) is 4.90 Å². The highest BCUT2D eigenvalue weighted by atomic mass is 32.1. The lowest BCUT2D eigenvalue weighted by Gasteiger charge is -2.45. The number of alkyl halides is 2. The van der Waals surface area contributed by atoms with Gasteiger partial charge in [-0.1, -0.05) is 0 Å². The van der Waals surface area contributed by atoms with Crippen LogP contribution in [0.4, 0.5) is 14.7 Å². The molecule has 0 amide bonds. The number of anilines is 1. The van der Waals surface area contributed by atoms with E-state index in [9.17, 15) is 8.78 Å². The number of aryl methyl sites for hydroxylation is 1. The van der Waals surface area contributed by atoms with Crippen molar-refractivity contribution in [2.45, 2.75) is 32.2 Å². The fourth-order valence-electron chi connectivity index (χ4n) is 4.04. The van der Waals surface area contributed by atoms with Gasteiger partial charge in [-0.25, -0.2) is 18.7 Å². The van der Waals surface area contributed by atoms with Gasteiger partial charge in [-0.05, 0) is 31.5 Å². The largest absolute Gasteiger partial charge is 0.340 e. The molecule has 1 atom stereocenters. The smallest absolute Gasteiger partial charge is 0.257 e. The normalized spacial score (nSPS) is 26.4. The number of likely N-dealkylation sites (tertiary alicyclic amines) is 1. The zero-order valence-electron chi connectivity index (χ0n) is 14.3. The maximum atomic E-state index is 14.9.